The van der Waals surface area contributed by atoms with Crippen molar-refractivity contribution >= 4 is 70.0 Å². The van der Waals surface area contributed by atoms with Gasteiger partial charge in [-0.3, -0.25) is 48.6 Å². The molecule has 17 N–H and O–H groups in total. The van der Waals surface area contributed by atoms with Gasteiger partial charge >= 0.3 is 0 Å². The summed E-state index contributed by atoms with van der Waals surface area (Å²) < 4.78 is 0. The van der Waals surface area contributed by atoms with Gasteiger partial charge in [-0.2, -0.15) is 0 Å². The minimum atomic E-state index is -1.57. The van der Waals surface area contributed by atoms with E-state index in [1.165, 1.54) is 13.8 Å². The van der Waals surface area contributed by atoms with Crippen molar-refractivity contribution in [3.05, 3.63) is 71.9 Å². The van der Waals surface area contributed by atoms with Crippen molar-refractivity contribution in [2.75, 3.05) is 19.6 Å². The van der Waals surface area contributed by atoms with Gasteiger partial charge < -0.3 is 70.0 Å². The molecule has 0 saturated carbocycles. The molecule has 4 rings (SSSR count). The van der Waals surface area contributed by atoms with E-state index in [1.807, 2.05) is 24.3 Å². The minimum absolute atomic E-state index is 0.0210. The van der Waals surface area contributed by atoms with Gasteiger partial charge in [0, 0.05) is 50.0 Å². The summed E-state index contributed by atoms with van der Waals surface area (Å²) in [7, 11) is 0. The Hall–Kier alpha value is -7.56. The second-order valence-electron chi connectivity index (χ2n) is 17.3. The van der Waals surface area contributed by atoms with Crippen molar-refractivity contribution in [1.82, 2.24) is 52.8 Å². The lowest BCUT2D eigenvalue weighted by Gasteiger charge is -2.27. The van der Waals surface area contributed by atoms with Crippen LogP contribution in [0.15, 0.2) is 60.8 Å². The van der Waals surface area contributed by atoms with E-state index in [1.54, 1.807) is 36.5 Å². The number of amides is 9. The molecule has 0 radical (unpaired) electrons. The summed E-state index contributed by atoms with van der Waals surface area (Å²) in [5.41, 5.74) is 19.0. The van der Waals surface area contributed by atoms with Gasteiger partial charge in [0.15, 0.2) is 5.96 Å². The van der Waals surface area contributed by atoms with Crippen molar-refractivity contribution in [3.63, 3.8) is 0 Å². The van der Waals surface area contributed by atoms with E-state index in [0.717, 1.165) is 10.9 Å². The van der Waals surface area contributed by atoms with E-state index < -0.39 is 102 Å². The monoisotopic (exact) mass is 973 g/mol. The number of aromatic nitrogens is 1. The highest BCUT2D eigenvalue weighted by Crippen LogP contribution is 2.20. The molecule has 380 valence electrons. The van der Waals surface area contributed by atoms with E-state index in [-0.39, 0.29) is 70.4 Å². The van der Waals surface area contributed by atoms with Gasteiger partial charge in [-0.05, 0) is 82.0 Å². The minimum Gasteiger partial charge on any atom is -0.370 e. The molecule has 23 nitrogen and oxygen atoms in total. The molecule has 23 heteroatoms. The van der Waals surface area contributed by atoms with Gasteiger partial charge in [-0.25, -0.2) is 0 Å². The van der Waals surface area contributed by atoms with E-state index in [4.69, 9.17) is 22.6 Å². The summed E-state index contributed by atoms with van der Waals surface area (Å²) in [5.74, 6) is -7.14. The molecule has 1 aliphatic rings. The Morgan fingerprint density at radius 3 is 2.13 bits per heavy atom. The first-order valence-corrected chi connectivity index (χ1v) is 23.5. The number of rotatable bonds is 16. The third-order valence-electron chi connectivity index (χ3n) is 11.6. The Morgan fingerprint density at radius 2 is 1.43 bits per heavy atom. The second-order valence-corrected chi connectivity index (χ2v) is 17.3. The molecular weight excluding hydrogens is 905 g/mol. The normalized spacial score (nSPS) is 21.9. The van der Waals surface area contributed by atoms with E-state index in [2.05, 4.69) is 52.8 Å². The fourth-order valence-corrected chi connectivity index (χ4v) is 7.81. The first-order valence-electron chi connectivity index (χ1n) is 23.5. The molecule has 0 aliphatic carbocycles. The van der Waals surface area contributed by atoms with Crippen molar-refractivity contribution in [2.24, 2.45) is 17.2 Å². The number of hydrogen-bond acceptors (Lipinski definition) is 11. The second kappa shape index (κ2) is 28.1. The van der Waals surface area contributed by atoms with Crippen molar-refractivity contribution in [3.8, 4) is 0 Å². The van der Waals surface area contributed by atoms with Crippen LogP contribution in [0.1, 0.15) is 82.8 Å². The number of hydrogen-bond donors (Lipinski definition) is 14. The molecule has 2 aromatic carbocycles. The number of aromatic amines is 1. The SMILES string of the molecule is CC(=O)N[C@@H](CCCNC(=N)N)C(=O)N[C@H]1CC(=O)NCCCCC(C(N)=O)NC(=O)[C@H](Cc2c[nH]c3ccccc23)NC(=O)[C@H](CCCCN)NC(=O)[C@@H](Cc2ccccc2)NC(=O)[C@H](C)NC1=O. The van der Waals surface area contributed by atoms with E-state index in [9.17, 15) is 43.2 Å². The summed E-state index contributed by atoms with van der Waals surface area (Å²) >= 11 is 0. The number of para-hydroxylation sites is 1. The van der Waals surface area contributed by atoms with Crippen LogP contribution in [0.5, 0.6) is 0 Å². The summed E-state index contributed by atoms with van der Waals surface area (Å²) in [4.78, 5) is 126. The number of unbranched alkanes of at least 4 members (excludes halogenated alkanes) is 1. The topological polar surface area (TPSA) is 380 Å². The molecule has 3 aromatic rings. The van der Waals surface area contributed by atoms with Crippen LogP contribution in [0, 0.1) is 5.41 Å². The maximum absolute atomic E-state index is 14.4. The van der Waals surface area contributed by atoms with Crippen LogP contribution in [0.3, 0.4) is 0 Å². The Morgan fingerprint density at radius 1 is 0.771 bits per heavy atom. The van der Waals surface area contributed by atoms with Crippen molar-refractivity contribution in [2.45, 2.75) is 127 Å². The van der Waals surface area contributed by atoms with Gasteiger partial charge in [-0.15, -0.1) is 0 Å². The number of nitrogens with two attached hydrogens (primary N) is 3. The molecule has 1 unspecified atom stereocenters. The molecule has 1 aromatic heterocycles. The zero-order valence-corrected chi connectivity index (χ0v) is 39.6. The molecule has 70 heavy (non-hydrogen) atoms. The predicted molar refractivity (Wildman–Crippen MR) is 260 cm³/mol. The molecule has 1 aliphatic heterocycles. The first-order chi connectivity index (χ1) is 33.4. The lowest BCUT2D eigenvalue weighted by atomic mass is 10.0. The molecule has 9 amide bonds. The predicted octanol–water partition coefficient (Wildman–Crippen LogP) is -2.05. The molecule has 1 fully saturated rings. The smallest absolute Gasteiger partial charge is 0.243 e. The molecule has 0 spiro atoms. The summed E-state index contributed by atoms with van der Waals surface area (Å²) in [5, 5.41) is 31.9. The number of benzene rings is 2. The number of H-pyrrole nitrogens is 1. The Labute approximate surface area is 406 Å². The maximum Gasteiger partial charge on any atom is 0.243 e. The van der Waals surface area contributed by atoms with Crippen molar-refractivity contribution < 1.29 is 43.2 Å². The summed E-state index contributed by atoms with van der Waals surface area (Å²) in [6.45, 7) is 3.08. The molecule has 0 bridgehead atoms. The number of nitrogens with one attached hydrogen (secondary N) is 11. The van der Waals surface area contributed by atoms with Gasteiger partial charge in [0.25, 0.3) is 0 Å². The molecule has 2 heterocycles. The first kappa shape index (κ1) is 55.0. The number of carbonyl (C=O) groups is 9. The standard InChI is InChI=1S/C47H68N14O9/c1-27-41(65)59-36(23-29-13-4-3-5-14-29)45(69)58-35(18-8-10-20-48)43(67)60-37(24-30-26-54-32-16-7-6-15-31(30)32)46(70)57-33(40(49)64)17-9-11-21-52-39(63)25-38(44(68)55-27)61-42(66)34(56-28(2)62)19-12-22-53-47(50)51/h3-7,13-16,26-27,33-38,54H,8-12,17-25,48H2,1-2H3,(H2,49,64)(H,52,63)(H,55,68)(H,56,62)(H,57,70)(H,58,69)(H,59,65)(H,60,67)(H,61,66)(H4,50,51,53)/t27-,33?,34-,35-,36+,37-,38-/m0/s1. The highest BCUT2D eigenvalue weighted by Gasteiger charge is 2.34. The Balaban J connectivity index is 1.69. The van der Waals surface area contributed by atoms with Crippen LogP contribution in [0.4, 0.5) is 0 Å². The van der Waals surface area contributed by atoms with Crippen LogP contribution in [0.25, 0.3) is 10.9 Å². The average Bonchev–Trinajstić information content (AvgIpc) is 3.72. The third-order valence-corrected chi connectivity index (χ3v) is 11.6. The highest BCUT2D eigenvalue weighted by atomic mass is 16.2. The Bertz CT molecular complexity index is 2310. The lowest BCUT2D eigenvalue weighted by Crippen LogP contribution is -2.60. The van der Waals surface area contributed by atoms with Crippen LogP contribution >= 0.6 is 0 Å². The van der Waals surface area contributed by atoms with Gasteiger partial charge in [0.05, 0.1) is 6.42 Å². The largest absolute Gasteiger partial charge is 0.370 e. The average molecular weight is 973 g/mol. The van der Waals surface area contributed by atoms with E-state index >= 15 is 0 Å². The number of guanidine groups is 1. The molecule has 1 saturated heterocycles. The fraction of sp³-hybridized carbons (Fsp3) is 0.489. The quantitative estimate of drug-likeness (QED) is 0.0419. The van der Waals surface area contributed by atoms with Crippen LogP contribution < -0.4 is 65.1 Å². The lowest BCUT2D eigenvalue weighted by molar-refractivity contribution is -0.136. The highest BCUT2D eigenvalue weighted by molar-refractivity contribution is 5.99. The van der Waals surface area contributed by atoms with Crippen molar-refractivity contribution in [1.29, 1.82) is 5.41 Å². The van der Waals surface area contributed by atoms with Gasteiger partial charge in [0.2, 0.25) is 53.2 Å². The van der Waals surface area contributed by atoms with Crippen LogP contribution in [-0.2, 0) is 56.0 Å². The van der Waals surface area contributed by atoms with Crippen LogP contribution in [-0.4, -0.2) is 126 Å². The van der Waals surface area contributed by atoms with Gasteiger partial charge in [-0.1, -0.05) is 48.5 Å². The number of fused-ring (bicyclic) bond motifs is 1. The fourth-order valence-electron chi connectivity index (χ4n) is 7.81. The van der Waals surface area contributed by atoms with Crippen LogP contribution in [0.2, 0.25) is 0 Å². The Kier molecular flexibility index (Phi) is 22.1. The van der Waals surface area contributed by atoms with E-state index in [0.29, 0.717) is 30.5 Å². The van der Waals surface area contributed by atoms with Gasteiger partial charge in [0.1, 0.15) is 42.3 Å². The molecule has 7 atom stereocenters. The zero-order chi connectivity index (χ0) is 51.2. The number of primary amides is 1. The molecular formula is C47H68N14O9. The maximum atomic E-state index is 14.4. The summed E-state index contributed by atoms with van der Waals surface area (Å²) in [6.07, 6.45) is 2.97. The zero-order valence-electron chi connectivity index (χ0n) is 39.6. The number of carbonyl (C=O) groups excluding carboxylic acids is 9. The third kappa shape index (κ3) is 18.2. The summed E-state index contributed by atoms with van der Waals surface area (Å²) in [6, 6.07) is 7.01.